The van der Waals surface area contributed by atoms with Crippen molar-refractivity contribution in [2.75, 3.05) is 25.6 Å². The normalized spacial score (nSPS) is 10.7. The lowest BCUT2D eigenvalue weighted by molar-refractivity contribution is -0.144. The Kier molecular flexibility index (Phi) is 4.80. The summed E-state index contributed by atoms with van der Waals surface area (Å²) in [5, 5.41) is 5.73. The van der Waals surface area contributed by atoms with Gasteiger partial charge in [0.05, 0.1) is 17.7 Å². The van der Waals surface area contributed by atoms with Crippen molar-refractivity contribution in [1.82, 2.24) is 9.78 Å². The lowest BCUT2D eigenvalue weighted by Crippen LogP contribution is -2.29. The minimum Gasteiger partial charge on any atom is -0.465 e. The van der Waals surface area contributed by atoms with Crippen molar-refractivity contribution >= 4 is 22.4 Å². The van der Waals surface area contributed by atoms with Crippen molar-refractivity contribution in [3.63, 3.8) is 0 Å². The van der Waals surface area contributed by atoms with Gasteiger partial charge in [0.15, 0.2) is 0 Å². The van der Waals surface area contributed by atoms with Crippen LogP contribution in [0.5, 0.6) is 0 Å². The van der Waals surface area contributed by atoms with E-state index < -0.39 is 5.97 Å². The van der Waals surface area contributed by atoms with Crippen LogP contribution in [0.3, 0.4) is 0 Å². The summed E-state index contributed by atoms with van der Waals surface area (Å²) in [6.07, 6.45) is 0.677. The summed E-state index contributed by atoms with van der Waals surface area (Å²) in [6, 6.07) is 5.63. The van der Waals surface area contributed by atoms with E-state index in [1.807, 2.05) is 38.1 Å². The van der Waals surface area contributed by atoms with Gasteiger partial charge in [-0.2, -0.15) is 5.10 Å². The van der Waals surface area contributed by atoms with E-state index in [-0.39, 0.29) is 18.7 Å². The van der Waals surface area contributed by atoms with E-state index in [4.69, 9.17) is 4.74 Å². The maximum Gasteiger partial charge on any atom is 0.327 e. The predicted molar refractivity (Wildman–Crippen MR) is 86.3 cm³/mol. The molecule has 2 aromatic rings. The first-order chi connectivity index (χ1) is 10.5. The Morgan fingerprint density at radius 1 is 1.27 bits per heavy atom. The predicted octanol–water partition coefficient (Wildman–Crippen LogP) is 1.59. The molecule has 6 nitrogen and oxygen atoms in total. The molecule has 6 heteroatoms. The molecule has 0 fully saturated rings. The molecule has 1 aromatic heterocycles. The Hall–Kier alpha value is -2.37. The summed E-state index contributed by atoms with van der Waals surface area (Å²) in [7, 11) is 3.89. The Morgan fingerprint density at radius 2 is 2.00 bits per heavy atom. The van der Waals surface area contributed by atoms with Crippen molar-refractivity contribution in [3.8, 4) is 0 Å². The van der Waals surface area contributed by atoms with Crippen LogP contribution in [0, 0.1) is 0 Å². The van der Waals surface area contributed by atoms with Gasteiger partial charge in [-0.25, -0.2) is 4.68 Å². The van der Waals surface area contributed by atoms with Gasteiger partial charge in [-0.15, -0.1) is 0 Å². The molecule has 0 N–H and O–H groups in total. The molecule has 0 aliphatic rings. The van der Waals surface area contributed by atoms with Gasteiger partial charge in [0.2, 0.25) is 0 Å². The largest absolute Gasteiger partial charge is 0.465 e. The Bertz CT molecular complexity index is 750. The number of anilines is 1. The van der Waals surface area contributed by atoms with Crippen LogP contribution in [-0.2, 0) is 22.5 Å². The number of hydrogen-bond donors (Lipinski definition) is 0. The van der Waals surface area contributed by atoms with Gasteiger partial charge >= 0.3 is 5.97 Å². The van der Waals surface area contributed by atoms with Crippen molar-refractivity contribution in [3.05, 3.63) is 34.2 Å². The number of hydrogen-bond acceptors (Lipinski definition) is 5. The third-order valence-electron chi connectivity index (χ3n) is 3.46. The molecule has 0 saturated heterocycles. The Morgan fingerprint density at radius 3 is 2.59 bits per heavy atom. The molecule has 0 aliphatic carbocycles. The quantitative estimate of drug-likeness (QED) is 0.785. The molecule has 0 saturated carbocycles. The van der Waals surface area contributed by atoms with Crippen molar-refractivity contribution in [2.45, 2.75) is 26.8 Å². The fourth-order valence-electron chi connectivity index (χ4n) is 2.32. The molecule has 0 spiro atoms. The summed E-state index contributed by atoms with van der Waals surface area (Å²) in [5.41, 5.74) is 1.53. The molecule has 118 valence electrons. The summed E-state index contributed by atoms with van der Waals surface area (Å²) in [6.45, 7) is 3.83. The topological polar surface area (TPSA) is 64.4 Å². The molecule has 0 bridgehead atoms. The van der Waals surface area contributed by atoms with Crippen LogP contribution >= 0.6 is 0 Å². The van der Waals surface area contributed by atoms with Gasteiger partial charge in [0, 0.05) is 25.2 Å². The van der Waals surface area contributed by atoms with E-state index in [0.717, 1.165) is 16.8 Å². The van der Waals surface area contributed by atoms with Gasteiger partial charge in [-0.3, -0.25) is 9.59 Å². The minimum atomic E-state index is -0.455. The monoisotopic (exact) mass is 303 g/mol. The molecule has 22 heavy (non-hydrogen) atoms. The van der Waals surface area contributed by atoms with E-state index in [9.17, 15) is 9.59 Å². The van der Waals surface area contributed by atoms with Crippen LogP contribution in [0.2, 0.25) is 0 Å². The standard InChI is InChI=1S/C16H21N3O3/c1-5-14-13-9-11(18(3)4)7-8-12(13)16(21)19(17-14)10-15(20)22-6-2/h7-9H,5-6,10H2,1-4H3. The fraction of sp³-hybridized carbons (Fsp3) is 0.438. The number of aryl methyl sites for hydroxylation is 1. The number of fused-ring (bicyclic) bond motifs is 1. The average Bonchev–Trinajstić information content (AvgIpc) is 2.49. The highest BCUT2D eigenvalue weighted by atomic mass is 16.5. The number of aromatic nitrogens is 2. The minimum absolute atomic E-state index is 0.162. The average molecular weight is 303 g/mol. The Balaban J connectivity index is 2.58. The van der Waals surface area contributed by atoms with Crippen LogP contribution in [0.1, 0.15) is 19.5 Å². The molecular formula is C16H21N3O3. The zero-order valence-corrected chi connectivity index (χ0v) is 13.4. The van der Waals surface area contributed by atoms with E-state index >= 15 is 0 Å². The van der Waals surface area contributed by atoms with Crippen molar-refractivity contribution in [2.24, 2.45) is 0 Å². The molecule has 2 rings (SSSR count). The van der Waals surface area contributed by atoms with Crippen molar-refractivity contribution in [1.29, 1.82) is 0 Å². The Labute approximate surface area is 129 Å². The number of carbonyl (C=O) groups is 1. The fourth-order valence-corrected chi connectivity index (χ4v) is 2.32. The van der Waals surface area contributed by atoms with E-state index in [2.05, 4.69) is 5.10 Å². The highest BCUT2D eigenvalue weighted by molar-refractivity contribution is 5.87. The molecule has 0 atom stereocenters. The lowest BCUT2D eigenvalue weighted by atomic mass is 10.1. The highest BCUT2D eigenvalue weighted by Crippen LogP contribution is 2.21. The maximum atomic E-state index is 12.5. The second-order valence-corrected chi connectivity index (χ2v) is 5.19. The maximum absolute atomic E-state index is 12.5. The van der Waals surface area contributed by atoms with Crippen molar-refractivity contribution < 1.29 is 9.53 Å². The number of esters is 1. The third-order valence-corrected chi connectivity index (χ3v) is 3.46. The molecule has 0 radical (unpaired) electrons. The molecule has 1 heterocycles. The first kappa shape index (κ1) is 16.0. The van der Waals surface area contributed by atoms with Gasteiger partial charge in [0.25, 0.3) is 5.56 Å². The SMILES string of the molecule is CCOC(=O)Cn1nc(CC)c2cc(N(C)C)ccc2c1=O. The van der Waals surface area contributed by atoms with Crippen LogP contribution in [0.25, 0.3) is 10.8 Å². The summed E-state index contributed by atoms with van der Waals surface area (Å²) >= 11 is 0. The molecule has 0 aliphatic heterocycles. The van der Waals surface area contributed by atoms with Crippen LogP contribution in [-0.4, -0.2) is 36.5 Å². The molecule has 0 amide bonds. The van der Waals surface area contributed by atoms with Crippen LogP contribution < -0.4 is 10.5 Å². The van der Waals surface area contributed by atoms with E-state index in [0.29, 0.717) is 11.8 Å². The van der Waals surface area contributed by atoms with Crippen LogP contribution in [0.4, 0.5) is 5.69 Å². The number of carbonyl (C=O) groups excluding carboxylic acids is 1. The van der Waals surface area contributed by atoms with Gasteiger partial charge in [0.1, 0.15) is 6.54 Å². The smallest absolute Gasteiger partial charge is 0.327 e. The summed E-state index contributed by atoms with van der Waals surface area (Å²) < 4.78 is 6.08. The number of benzene rings is 1. The zero-order chi connectivity index (χ0) is 16.3. The molecular weight excluding hydrogens is 282 g/mol. The van der Waals surface area contributed by atoms with Gasteiger partial charge in [-0.05, 0) is 31.5 Å². The summed E-state index contributed by atoms with van der Waals surface area (Å²) in [5.74, 6) is -0.455. The first-order valence-corrected chi connectivity index (χ1v) is 7.34. The lowest BCUT2D eigenvalue weighted by Gasteiger charge is -2.15. The zero-order valence-electron chi connectivity index (χ0n) is 13.4. The van der Waals surface area contributed by atoms with E-state index in [1.165, 1.54) is 4.68 Å². The second-order valence-electron chi connectivity index (χ2n) is 5.19. The number of rotatable bonds is 5. The highest BCUT2D eigenvalue weighted by Gasteiger charge is 2.13. The number of ether oxygens (including phenoxy) is 1. The van der Waals surface area contributed by atoms with Crippen LogP contribution in [0.15, 0.2) is 23.0 Å². The number of nitrogens with zero attached hydrogens (tertiary/aromatic N) is 3. The molecule has 0 unspecified atom stereocenters. The van der Waals surface area contributed by atoms with Gasteiger partial charge < -0.3 is 9.64 Å². The van der Waals surface area contributed by atoms with E-state index in [1.54, 1.807) is 13.0 Å². The third kappa shape index (κ3) is 3.10. The first-order valence-electron chi connectivity index (χ1n) is 7.34. The summed E-state index contributed by atoms with van der Waals surface area (Å²) in [4.78, 5) is 26.1. The van der Waals surface area contributed by atoms with Gasteiger partial charge in [-0.1, -0.05) is 6.92 Å². The second kappa shape index (κ2) is 6.60. The molecule has 1 aromatic carbocycles.